The van der Waals surface area contributed by atoms with Crippen LogP contribution in [0.25, 0.3) is 0 Å². The molecule has 12 heterocycles. The lowest BCUT2D eigenvalue weighted by Gasteiger charge is -2.52. The minimum Gasteiger partial charge on any atom is -0.394 e. The highest BCUT2D eigenvalue weighted by atomic mass is 16.8. The molecule has 856 valence electrons. The summed E-state index contributed by atoms with van der Waals surface area (Å²) < 4.78 is 139. The number of ether oxygens (including phenoxy) is 23. The molecule has 0 unspecified atom stereocenters. The Hall–Kier alpha value is -4.89. The first-order valence-electron chi connectivity index (χ1n) is 47.2. The Morgan fingerprint density at radius 2 is 0.385 bits per heavy atom. The second-order valence-electron chi connectivity index (χ2n) is 37.3. The first-order valence-corrected chi connectivity index (χ1v) is 47.2. The Balaban J connectivity index is 0.931. The fourth-order valence-corrected chi connectivity index (χ4v) is 19.3. The average molecular weight is 2170 g/mol. The van der Waals surface area contributed by atoms with Gasteiger partial charge in [0.15, 0.2) is 75.5 Å². The van der Waals surface area contributed by atoms with Crippen LogP contribution >= 0.6 is 0 Å². The van der Waals surface area contributed by atoms with Crippen molar-refractivity contribution in [1.82, 2.24) is 26.6 Å². The summed E-state index contributed by atoms with van der Waals surface area (Å²) in [5.41, 5.74) is 0. The van der Waals surface area contributed by atoms with E-state index in [0.717, 1.165) is 34.6 Å². The van der Waals surface area contributed by atoms with Crippen molar-refractivity contribution >= 4 is 29.5 Å². The molecular formula is C82H137N5O61. The minimum atomic E-state index is -2.86. The van der Waals surface area contributed by atoms with Crippen molar-refractivity contribution < 1.29 is 301 Å². The van der Waals surface area contributed by atoms with Gasteiger partial charge in [-0.2, -0.15) is 0 Å². The molecule has 66 heteroatoms. The Morgan fingerprint density at radius 1 is 0.176 bits per heavy atom. The van der Waals surface area contributed by atoms with Gasteiger partial charge in [-0.15, -0.1) is 0 Å². The zero-order chi connectivity index (χ0) is 109. The van der Waals surface area contributed by atoms with Crippen LogP contribution in [0.15, 0.2) is 0 Å². The average Bonchev–Trinajstić information content (AvgIpc) is 0.746. The molecule has 0 aromatic heterocycles. The van der Waals surface area contributed by atoms with E-state index in [1.807, 2.05) is 0 Å². The molecule has 0 aromatic rings. The molecule has 12 aliphatic rings. The van der Waals surface area contributed by atoms with Gasteiger partial charge in [0.05, 0.1) is 79.3 Å². The largest absolute Gasteiger partial charge is 0.394 e. The van der Waals surface area contributed by atoms with Gasteiger partial charge in [0, 0.05) is 34.6 Å². The third-order valence-electron chi connectivity index (χ3n) is 27.1. The lowest BCUT2D eigenvalue weighted by atomic mass is 9.93. The molecule has 12 aliphatic heterocycles. The zero-order valence-electron chi connectivity index (χ0n) is 79.3. The summed E-state index contributed by atoms with van der Waals surface area (Å²) in [6, 6.07) is -10.3. The number of hydrogen-bond acceptors (Lipinski definition) is 61. The fraction of sp³-hybridized carbons (Fsp3) is 0.939. The van der Waals surface area contributed by atoms with Crippen LogP contribution in [0.2, 0.25) is 0 Å². The van der Waals surface area contributed by atoms with Gasteiger partial charge in [0.1, 0.15) is 293 Å². The minimum absolute atomic E-state index is 0.850. The van der Waals surface area contributed by atoms with E-state index in [9.17, 15) is 192 Å². The zero-order valence-corrected chi connectivity index (χ0v) is 79.3. The van der Waals surface area contributed by atoms with E-state index in [-0.39, 0.29) is 0 Å². The summed E-state index contributed by atoms with van der Waals surface area (Å²) in [5, 5.41) is 385. The Bertz CT molecular complexity index is 4130. The van der Waals surface area contributed by atoms with Gasteiger partial charge in [-0.25, -0.2) is 0 Å². The van der Waals surface area contributed by atoms with Crippen molar-refractivity contribution in [2.45, 2.75) is 403 Å². The van der Waals surface area contributed by atoms with Crippen LogP contribution in [0.4, 0.5) is 0 Å². The molecule has 12 saturated heterocycles. The van der Waals surface area contributed by atoms with Crippen molar-refractivity contribution in [3.05, 3.63) is 0 Å². The van der Waals surface area contributed by atoms with E-state index < -0.39 is 477 Å². The van der Waals surface area contributed by atoms with Gasteiger partial charge in [-0.1, -0.05) is 0 Å². The molecule has 66 nitrogen and oxygen atoms in total. The van der Waals surface area contributed by atoms with Crippen LogP contribution in [0.5, 0.6) is 0 Å². The normalized spacial score (nSPS) is 49.3. The van der Waals surface area contributed by atoms with Crippen LogP contribution in [-0.2, 0) is 133 Å². The number of amides is 5. The lowest BCUT2D eigenvalue weighted by Crippen LogP contribution is -2.72. The third-order valence-corrected chi connectivity index (χ3v) is 27.1. The van der Waals surface area contributed by atoms with Crippen molar-refractivity contribution in [1.29, 1.82) is 0 Å². The number of aliphatic hydroxyl groups excluding tert-OH is 33. The Morgan fingerprint density at radius 3 is 0.716 bits per heavy atom. The van der Waals surface area contributed by atoms with E-state index in [4.69, 9.17) is 109 Å². The Kier molecular flexibility index (Phi) is 43.9. The van der Waals surface area contributed by atoms with Crippen LogP contribution in [0.1, 0.15) is 34.6 Å². The smallest absolute Gasteiger partial charge is 0.217 e. The third kappa shape index (κ3) is 26.7. The molecule has 12 fully saturated rings. The molecule has 0 saturated carbocycles. The molecule has 0 bridgehead atoms. The highest BCUT2D eigenvalue weighted by molar-refractivity contribution is 5.75. The SMILES string of the molecule is CC(=O)N[C@@H]1[C@@H](O)[C@H](O[C@@H]2O[C@H](CO)[C@@H](O[C@@H]3O[C@H](CO[C@H]4O[C@H](CO)[C@@H](O)[C@H](O)[C@@H]4O[C@@H]4O[C@H](CO)[C@@H](O[C@@H]5O[C@H](CO)[C@H](O)[C@H](O[C@H]6O[C@H](CO)[C@H](O)[C@H](O)[C@H]6O)[C@H]5O)[C@H](O)[C@H]4NC(C)=O)[C@@H](O[C@@H]4O[C@H](CO)[C@@H](O)[C@H](O)[C@H]4NC(C)=O)[C@H](O[C@H]4O[C@H](CO)[C@@H](O)[C@H](O)[C@@H]4O[C@@H]4O[C@H](CO)[C@@H](O[C@@H]5O[C@H](CO)[C@H](O)[C@H](O[C@H]6O[C@H](CO)[C@H](O)[C@H](O)[C@H]6O)[C@H]5O)[C@H](O)[C@H]4NC(C)=O)[C@@H]3O)[C@H](O)[C@H]2NC(C)=O)[C@@H](CO)O[C@H]1O. The predicted octanol–water partition coefficient (Wildman–Crippen LogP) is -26.4. The summed E-state index contributed by atoms with van der Waals surface area (Å²) in [4.78, 5) is 65.9. The monoisotopic (exact) mass is 2170 g/mol. The maximum atomic E-state index is 13.5. The molecule has 0 radical (unpaired) electrons. The van der Waals surface area contributed by atoms with Gasteiger partial charge < -0.3 is 304 Å². The van der Waals surface area contributed by atoms with Gasteiger partial charge in [-0.05, 0) is 0 Å². The number of carbonyl (C=O) groups is 5. The van der Waals surface area contributed by atoms with E-state index in [1.165, 1.54) is 0 Å². The Labute approximate surface area is 837 Å². The summed E-state index contributed by atoms with van der Waals surface area (Å²) in [6.45, 7) is -10.2. The first-order chi connectivity index (χ1) is 70.1. The van der Waals surface area contributed by atoms with E-state index in [1.54, 1.807) is 0 Å². The van der Waals surface area contributed by atoms with Crippen molar-refractivity contribution in [3.63, 3.8) is 0 Å². The molecule has 0 aliphatic carbocycles. The van der Waals surface area contributed by atoms with Gasteiger partial charge in [-0.3, -0.25) is 24.0 Å². The number of hydrogen-bond donors (Lipinski definition) is 38. The highest BCUT2D eigenvalue weighted by Gasteiger charge is 2.65. The molecule has 148 heavy (non-hydrogen) atoms. The van der Waals surface area contributed by atoms with Crippen LogP contribution < -0.4 is 26.6 Å². The number of rotatable bonds is 39. The fourth-order valence-electron chi connectivity index (χ4n) is 19.3. The quantitative estimate of drug-likeness (QED) is 0.0272. The summed E-state index contributed by atoms with van der Waals surface area (Å²) in [6.07, 6.45) is -123. The summed E-state index contributed by atoms with van der Waals surface area (Å²) in [7, 11) is 0. The second kappa shape index (κ2) is 53.4. The van der Waals surface area contributed by atoms with Crippen LogP contribution in [0.3, 0.4) is 0 Å². The van der Waals surface area contributed by atoms with Crippen molar-refractivity contribution in [3.8, 4) is 0 Å². The van der Waals surface area contributed by atoms with E-state index in [0.29, 0.717) is 0 Å². The summed E-state index contributed by atoms with van der Waals surface area (Å²) in [5.74, 6) is -5.11. The van der Waals surface area contributed by atoms with Gasteiger partial charge >= 0.3 is 0 Å². The molecule has 0 aromatic carbocycles. The molecule has 38 N–H and O–H groups in total. The molecular weight excluding hydrogens is 2030 g/mol. The number of aliphatic hydroxyl groups is 33. The van der Waals surface area contributed by atoms with Crippen molar-refractivity contribution in [2.75, 3.05) is 79.3 Å². The predicted molar refractivity (Wildman–Crippen MR) is 453 cm³/mol. The van der Waals surface area contributed by atoms with Crippen molar-refractivity contribution in [2.24, 2.45) is 0 Å². The second-order valence-corrected chi connectivity index (χ2v) is 37.3. The molecule has 60 atom stereocenters. The lowest BCUT2D eigenvalue weighted by molar-refractivity contribution is -0.409. The maximum absolute atomic E-state index is 13.5. The first kappa shape index (κ1) is 122. The van der Waals surface area contributed by atoms with Gasteiger partial charge in [0.2, 0.25) is 29.5 Å². The molecule has 5 amide bonds. The van der Waals surface area contributed by atoms with E-state index in [2.05, 4.69) is 26.6 Å². The maximum Gasteiger partial charge on any atom is 0.217 e. The number of nitrogens with one attached hydrogen (secondary N) is 5. The number of carbonyl (C=O) groups excluding carboxylic acids is 5. The summed E-state index contributed by atoms with van der Waals surface area (Å²) >= 11 is 0. The molecule has 12 rings (SSSR count). The molecule has 0 spiro atoms. The standard InChI is InChI=1S/C82H137N5O61/c1-18(99)83-35-48(112)61(30(13-95)127-71(35)125)139-73-37(85-20(3)101)49(113)64(31(14-96)135-73)142-80-60(124)68(146-82-70(55(119)44(108)27(10-92)134-82)148-75-39(87-22(5)103)51(115)63(33(16-98)137-75)141-79-59(123)67(46(110)29(12-94)132-79)145-77-57(121)53(117)42(106)25(8-90)130-77)65(143-72-36(84-19(2)100)47(111)40(104)23(6-88)128-72)34(138-80)17-126-81-69(54(118)43(107)26(9-91)133-81)147-74-38(86-21(4)102)50(114)62(32(15-97)136-74)140-78-58(122)66(45(109)28(11-93)131-78)144-76-56(120)52(116)41(105)24(7-89)129-76/h23-82,88-98,104-125H,6-17H2,1-5H3,(H,83,99)(H,84,100)(H,85,101)(H,86,102)(H,87,103)/t23-,24-,25-,26-,27-,28-,29-,30-,31-,32-,33-,34-,35-,36-,37-,38-,39-,40-,41+,42+,43-,44-,45+,46+,47-,48-,49-,50-,51-,52+,53+,54+,55+,56-,57-,58-,59-,60+,61-,62-,63-,64-,65-,66+,67+,68-,69+,70+,71-,72+,73+,74+,75+,76-,77-,78+,79+,80+,81+,82-/m1/s1. The van der Waals surface area contributed by atoms with Gasteiger partial charge in [0.25, 0.3) is 0 Å². The highest BCUT2D eigenvalue weighted by Crippen LogP contribution is 2.44. The van der Waals surface area contributed by atoms with Crippen LogP contribution in [0, 0.1) is 0 Å². The van der Waals surface area contributed by atoms with E-state index >= 15 is 0 Å². The topological polar surface area (TPSA) is 1030 Å². The van der Waals surface area contributed by atoms with Crippen LogP contribution in [-0.4, -0.2) is 645 Å².